The van der Waals surface area contributed by atoms with Gasteiger partial charge >= 0.3 is 0 Å². The first-order valence-electron chi connectivity index (χ1n) is 3.85. The van der Waals surface area contributed by atoms with E-state index in [0.29, 0.717) is 6.42 Å². The highest BCUT2D eigenvalue weighted by molar-refractivity contribution is 5.82. The smallest absolute Gasteiger partial charge is 0.249 e. The van der Waals surface area contributed by atoms with E-state index in [1.54, 1.807) is 0 Å². The largest absolute Gasteiger partial charge is 0.285 e. The predicted octanol–water partition coefficient (Wildman–Crippen LogP) is 1.35. The third-order valence-electron chi connectivity index (χ3n) is 2.10. The van der Waals surface area contributed by atoms with Crippen LogP contribution in [0.5, 0.6) is 0 Å². The Balaban J connectivity index is 2.18. The molecule has 0 aromatic heterocycles. The minimum Gasteiger partial charge on any atom is -0.285 e. The minimum atomic E-state index is -0.205. The summed E-state index contributed by atoms with van der Waals surface area (Å²) < 4.78 is 0. The van der Waals surface area contributed by atoms with E-state index in [9.17, 15) is 4.79 Å². The molecule has 62 valence electrons. The first-order chi connectivity index (χ1) is 5.79. The maximum Gasteiger partial charge on any atom is 0.249 e. The van der Waals surface area contributed by atoms with Crippen LogP contribution in [0.2, 0.25) is 0 Å². The summed E-state index contributed by atoms with van der Waals surface area (Å²) in [6, 6.07) is 9.38. The average Bonchev–Trinajstić information content (AvgIpc) is 2.15. The number of carbonyl (C=O) groups excluding carboxylic acids is 1. The van der Waals surface area contributed by atoms with Crippen LogP contribution in [0.25, 0.3) is 0 Å². The van der Waals surface area contributed by atoms with Gasteiger partial charge in [-0.1, -0.05) is 30.3 Å². The Morgan fingerprint density at radius 3 is 2.50 bits per heavy atom. The monoisotopic (exact) mass is 163 g/mol. The zero-order chi connectivity index (χ0) is 8.55. The van der Waals surface area contributed by atoms with E-state index in [4.69, 9.17) is 5.21 Å². The molecule has 1 aromatic carbocycles. The number of amides is 1. The van der Waals surface area contributed by atoms with Gasteiger partial charge in [0.1, 0.15) is 0 Å². The van der Waals surface area contributed by atoms with Crippen LogP contribution in [0.4, 0.5) is 0 Å². The van der Waals surface area contributed by atoms with Crippen molar-refractivity contribution in [2.75, 3.05) is 0 Å². The van der Waals surface area contributed by atoms with Gasteiger partial charge in [-0.25, -0.2) is 5.06 Å². The van der Waals surface area contributed by atoms with Crippen LogP contribution >= 0.6 is 0 Å². The number of rotatable bonds is 1. The molecule has 0 aliphatic carbocycles. The molecule has 0 spiro atoms. The van der Waals surface area contributed by atoms with Crippen LogP contribution in [0.1, 0.15) is 18.0 Å². The van der Waals surface area contributed by atoms with Crippen LogP contribution in [0.15, 0.2) is 30.3 Å². The first-order valence-corrected chi connectivity index (χ1v) is 3.85. The number of nitrogens with zero attached hydrogens (tertiary/aromatic N) is 1. The van der Waals surface area contributed by atoms with E-state index in [1.165, 1.54) is 0 Å². The van der Waals surface area contributed by atoms with E-state index in [-0.39, 0.29) is 11.9 Å². The zero-order valence-electron chi connectivity index (χ0n) is 6.47. The van der Waals surface area contributed by atoms with Gasteiger partial charge in [-0.15, -0.1) is 0 Å². The van der Waals surface area contributed by atoms with Crippen molar-refractivity contribution in [3.63, 3.8) is 0 Å². The van der Waals surface area contributed by atoms with Crippen molar-refractivity contribution in [2.24, 2.45) is 0 Å². The lowest BCUT2D eigenvalue weighted by molar-refractivity contribution is -0.203. The van der Waals surface area contributed by atoms with Crippen LogP contribution in [-0.2, 0) is 4.79 Å². The molecular weight excluding hydrogens is 154 g/mol. The summed E-state index contributed by atoms with van der Waals surface area (Å²) in [4.78, 5) is 10.7. The van der Waals surface area contributed by atoms with Gasteiger partial charge in [0.2, 0.25) is 5.91 Å². The molecule has 0 unspecified atom stereocenters. The van der Waals surface area contributed by atoms with Gasteiger partial charge in [-0.2, -0.15) is 0 Å². The molecule has 1 aromatic rings. The van der Waals surface area contributed by atoms with Crippen LogP contribution in [0, 0.1) is 0 Å². The maximum absolute atomic E-state index is 10.7. The Hall–Kier alpha value is -1.35. The van der Waals surface area contributed by atoms with Crippen molar-refractivity contribution in [1.82, 2.24) is 5.06 Å². The Labute approximate surface area is 70.2 Å². The second kappa shape index (κ2) is 2.60. The molecular formula is C9H9NO2. The summed E-state index contributed by atoms with van der Waals surface area (Å²) in [5, 5.41) is 9.90. The lowest BCUT2D eigenvalue weighted by Crippen LogP contribution is -2.43. The number of β-lactam (4-membered cyclic amide) rings is 1. The third-order valence-corrected chi connectivity index (χ3v) is 2.10. The standard InChI is InChI=1S/C9H9NO2/c11-9-6-8(10(9)12)7-4-2-1-3-5-7/h1-5,8,12H,6H2/t8-/m1/s1. The van der Waals surface area contributed by atoms with Crippen molar-refractivity contribution in [2.45, 2.75) is 12.5 Å². The number of hydrogen-bond donors (Lipinski definition) is 1. The number of hydrogen-bond acceptors (Lipinski definition) is 2. The van der Waals surface area contributed by atoms with Gasteiger partial charge in [0.15, 0.2) is 0 Å². The van der Waals surface area contributed by atoms with Gasteiger partial charge < -0.3 is 0 Å². The van der Waals surface area contributed by atoms with E-state index in [1.807, 2.05) is 30.3 Å². The highest BCUT2D eigenvalue weighted by atomic mass is 16.5. The molecule has 1 atom stereocenters. The molecule has 0 saturated carbocycles. The van der Waals surface area contributed by atoms with Crippen LogP contribution in [0.3, 0.4) is 0 Å². The highest BCUT2D eigenvalue weighted by Crippen LogP contribution is 2.31. The molecule has 1 amide bonds. The lowest BCUT2D eigenvalue weighted by Gasteiger charge is -2.34. The fourth-order valence-corrected chi connectivity index (χ4v) is 1.34. The summed E-state index contributed by atoms with van der Waals surface area (Å²) in [6.07, 6.45) is 0.417. The molecule has 3 heteroatoms. The second-order valence-corrected chi connectivity index (χ2v) is 2.87. The SMILES string of the molecule is O=C1C[C@H](c2ccccc2)N1O. The Morgan fingerprint density at radius 1 is 1.33 bits per heavy atom. The average molecular weight is 163 g/mol. The molecule has 1 aliphatic heterocycles. The number of hydroxylamine groups is 2. The molecule has 2 rings (SSSR count). The van der Waals surface area contributed by atoms with Gasteiger partial charge in [-0.05, 0) is 5.56 Å². The lowest BCUT2D eigenvalue weighted by atomic mass is 9.97. The molecule has 0 bridgehead atoms. The summed E-state index contributed by atoms with van der Waals surface area (Å²) in [5.74, 6) is -0.205. The van der Waals surface area contributed by atoms with Gasteiger partial charge in [-0.3, -0.25) is 10.0 Å². The number of carbonyl (C=O) groups is 1. The van der Waals surface area contributed by atoms with E-state index >= 15 is 0 Å². The predicted molar refractivity (Wildman–Crippen MR) is 42.4 cm³/mol. The van der Waals surface area contributed by atoms with Crippen molar-refractivity contribution < 1.29 is 10.0 Å². The van der Waals surface area contributed by atoms with E-state index in [0.717, 1.165) is 10.6 Å². The third kappa shape index (κ3) is 0.987. The summed E-state index contributed by atoms with van der Waals surface area (Å²) in [5.41, 5.74) is 0.986. The molecule has 1 fully saturated rings. The first kappa shape index (κ1) is 7.31. The zero-order valence-corrected chi connectivity index (χ0v) is 6.47. The quantitative estimate of drug-likeness (QED) is 0.501. The fraction of sp³-hybridized carbons (Fsp3) is 0.222. The molecule has 1 aliphatic rings. The molecule has 1 heterocycles. The number of benzene rings is 1. The maximum atomic E-state index is 10.7. The molecule has 1 N–H and O–H groups in total. The van der Waals surface area contributed by atoms with Crippen molar-refractivity contribution >= 4 is 5.91 Å². The molecule has 3 nitrogen and oxygen atoms in total. The minimum absolute atomic E-state index is 0.126. The highest BCUT2D eigenvalue weighted by Gasteiger charge is 2.35. The van der Waals surface area contributed by atoms with Gasteiger partial charge in [0.05, 0.1) is 12.5 Å². The summed E-state index contributed by atoms with van der Waals surface area (Å²) in [6.45, 7) is 0. The van der Waals surface area contributed by atoms with E-state index < -0.39 is 0 Å². The normalized spacial score (nSPS) is 22.2. The van der Waals surface area contributed by atoms with Crippen molar-refractivity contribution in [3.05, 3.63) is 35.9 Å². The van der Waals surface area contributed by atoms with E-state index in [2.05, 4.69) is 0 Å². The Bertz CT molecular complexity index is 297. The second-order valence-electron chi connectivity index (χ2n) is 2.87. The summed E-state index contributed by atoms with van der Waals surface area (Å²) >= 11 is 0. The van der Waals surface area contributed by atoms with Crippen LogP contribution < -0.4 is 0 Å². The van der Waals surface area contributed by atoms with Crippen molar-refractivity contribution in [1.29, 1.82) is 0 Å². The Kier molecular flexibility index (Phi) is 1.59. The summed E-state index contributed by atoms with van der Waals surface area (Å²) in [7, 11) is 0. The van der Waals surface area contributed by atoms with Gasteiger partial charge in [0, 0.05) is 0 Å². The Morgan fingerprint density at radius 2 is 2.00 bits per heavy atom. The van der Waals surface area contributed by atoms with Crippen molar-refractivity contribution in [3.8, 4) is 0 Å². The molecule has 12 heavy (non-hydrogen) atoms. The van der Waals surface area contributed by atoms with Crippen LogP contribution in [-0.4, -0.2) is 16.2 Å². The van der Waals surface area contributed by atoms with Gasteiger partial charge in [0.25, 0.3) is 0 Å². The molecule has 0 radical (unpaired) electrons. The molecule has 1 saturated heterocycles. The topological polar surface area (TPSA) is 40.5 Å². The fourth-order valence-electron chi connectivity index (χ4n) is 1.34.